The van der Waals surface area contributed by atoms with Gasteiger partial charge in [0.1, 0.15) is 5.82 Å². The van der Waals surface area contributed by atoms with Crippen molar-refractivity contribution in [2.75, 3.05) is 6.67 Å². The number of benzene rings is 1. The average molecular weight is 217 g/mol. The summed E-state index contributed by atoms with van der Waals surface area (Å²) in [6, 6.07) is 4.61. The molecule has 0 aliphatic heterocycles. The zero-order valence-corrected chi connectivity index (χ0v) is 8.14. The minimum Gasteiger partial charge on any atom is -0.346 e. The van der Waals surface area contributed by atoms with Gasteiger partial charge in [0.25, 0.3) is 0 Å². The van der Waals surface area contributed by atoms with E-state index in [1.54, 1.807) is 12.1 Å². The van der Waals surface area contributed by atoms with Crippen molar-refractivity contribution in [3.8, 4) is 0 Å². The van der Waals surface area contributed by atoms with E-state index < -0.39 is 5.82 Å². The summed E-state index contributed by atoms with van der Waals surface area (Å²) in [4.78, 5) is 9.90. The fraction of sp³-hybridized carbons (Fsp3) is 0.222. The molecule has 0 aliphatic carbocycles. The summed E-state index contributed by atoms with van der Waals surface area (Å²) in [6.45, 7) is 0.744. The molecule has 0 saturated heterocycles. The van der Waals surface area contributed by atoms with E-state index in [0.29, 0.717) is 25.2 Å². The number of hydrogen-bond acceptors (Lipinski definition) is 2. The highest BCUT2D eigenvalue weighted by molar-refractivity contribution is 6.31. The third-order valence-electron chi connectivity index (χ3n) is 1.66. The van der Waals surface area contributed by atoms with E-state index in [1.807, 2.05) is 0 Å². The first kappa shape index (κ1) is 10.9. The van der Waals surface area contributed by atoms with Gasteiger partial charge < -0.3 is 5.32 Å². The van der Waals surface area contributed by atoms with E-state index in [4.69, 9.17) is 11.6 Å². The van der Waals surface area contributed by atoms with Gasteiger partial charge in [-0.05, 0) is 11.6 Å². The van der Waals surface area contributed by atoms with Crippen molar-refractivity contribution in [3.05, 3.63) is 34.6 Å². The Balaban J connectivity index is 2.50. The second kappa shape index (κ2) is 5.57. The molecule has 1 aromatic rings. The van der Waals surface area contributed by atoms with E-state index in [2.05, 4.69) is 10.6 Å². The number of amides is 1. The lowest BCUT2D eigenvalue weighted by Crippen LogP contribution is -2.27. The van der Waals surface area contributed by atoms with Gasteiger partial charge in [-0.25, -0.2) is 4.39 Å². The Kier molecular flexibility index (Phi) is 4.35. The van der Waals surface area contributed by atoms with Crippen LogP contribution in [-0.4, -0.2) is 13.1 Å². The first-order valence-electron chi connectivity index (χ1n) is 4.06. The molecule has 2 N–H and O–H groups in total. The van der Waals surface area contributed by atoms with Crippen LogP contribution in [0.1, 0.15) is 5.56 Å². The van der Waals surface area contributed by atoms with Gasteiger partial charge in [-0.1, -0.05) is 23.7 Å². The maximum absolute atomic E-state index is 12.9. The molecule has 0 atom stereocenters. The molecule has 14 heavy (non-hydrogen) atoms. The molecule has 0 saturated carbocycles. The van der Waals surface area contributed by atoms with Crippen molar-refractivity contribution < 1.29 is 9.18 Å². The Morgan fingerprint density at radius 3 is 3.00 bits per heavy atom. The molecule has 0 fully saturated rings. The Morgan fingerprint density at radius 1 is 1.50 bits per heavy atom. The second-order valence-corrected chi connectivity index (χ2v) is 3.02. The molecule has 0 radical (unpaired) electrons. The highest BCUT2D eigenvalue weighted by Crippen LogP contribution is 2.18. The van der Waals surface area contributed by atoms with E-state index >= 15 is 0 Å². The van der Waals surface area contributed by atoms with Crippen molar-refractivity contribution in [2.45, 2.75) is 6.54 Å². The van der Waals surface area contributed by atoms with E-state index in [0.717, 1.165) is 0 Å². The maximum Gasteiger partial charge on any atom is 0.208 e. The van der Waals surface area contributed by atoms with Crippen LogP contribution in [0.25, 0.3) is 0 Å². The number of halogens is 2. The molecule has 0 heterocycles. The minimum atomic E-state index is -0.436. The summed E-state index contributed by atoms with van der Waals surface area (Å²) in [5.41, 5.74) is 0.666. The topological polar surface area (TPSA) is 41.1 Å². The largest absolute Gasteiger partial charge is 0.346 e. The standard InChI is InChI=1S/C9H10ClFN2O/c10-9-7(2-1-3-8(9)11)4-12-5-13-6-14/h1-3,6,12H,4-5H2,(H,13,14). The second-order valence-electron chi connectivity index (χ2n) is 2.64. The Hall–Kier alpha value is -1.13. The fourth-order valence-electron chi connectivity index (χ4n) is 0.996. The predicted octanol–water partition coefficient (Wildman–Crippen LogP) is 1.27. The number of rotatable bonds is 5. The first-order valence-corrected chi connectivity index (χ1v) is 4.44. The smallest absolute Gasteiger partial charge is 0.208 e. The summed E-state index contributed by atoms with van der Waals surface area (Å²) in [5.74, 6) is -0.436. The molecule has 1 aromatic carbocycles. The SMILES string of the molecule is O=CNCNCc1cccc(F)c1Cl. The predicted molar refractivity (Wildman–Crippen MR) is 52.3 cm³/mol. The summed E-state index contributed by atoms with van der Waals surface area (Å²) < 4.78 is 12.9. The lowest BCUT2D eigenvalue weighted by Gasteiger charge is -2.06. The lowest BCUT2D eigenvalue weighted by atomic mass is 10.2. The van der Waals surface area contributed by atoms with Gasteiger partial charge in [0.05, 0.1) is 11.7 Å². The van der Waals surface area contributed by atoms with E-state index in [1.165, 1.54) is 6.07 Å². The molecule has 5 heteroatoms. The van der Waals surface area contributed by atoms with Crippen LogP contribution in [-0.2, 0) is 11.3 Å². The molecule has 0 unspecified atom stereocenters. The van der Waals surface area contributed by atoms with Crippen LogP contribution in [0.3, 0.4) is 0 Å². The molecule has 0 aromatic heterocycles. The van der Waals surface area contributed by atoms with E-state index in [-0.39, 0.29) is 5.02 Å². The third kappa shape index (κ3) is 2.97. The number of carbonyl (C=O) groups excluding carboxylic acids is 1. The number of hydrogen-bond donors (Lipinski definition) is 2. The molecule has 76 valence electrons. The molecule has 0 bridgehead atoms. The molecule has 1 amide bonds. The quantitative estimate of drug-likeness (QED) is 0.442. The first-order chi connectivity index (χ1) is 6.75. The van der Waals surface area contributed by atoms with Crippen LogP contribution >= 0.6 is 11.6 Å². The van der Waals surface area contributed by atoms with Gasteiger partial charge >= 0.3 is 0 Å². The van der Waals surface area contributed by atoms with Crippen LogP contribution < -0.4 is 10.6 Å². The molecule has 1 rings (SSSR count). The van der Waals surface area contributed by atoms with Gasteiger partial charge in [0.2, 0.25) is 6.41 Å². The van der Waals surface area contributed by atoms with Crippen LogP contribution in [0.2, 0.25) is 5.02 Å². The Bertz CT molecular complexity index is 320. The van der Waals surface area contributed by atoms with Crippen molar-refractivity contribution in [1.29, 1.82) is 0 Å². The monoisotopic (exact) mass is 216 g/mol. The van der Waals surface area contributed by atoms with Crippen LogP contribution in [0.4, 0.5) is 4.39 Å². The number of nitrogens with one attached hydrogen (secondary N) is 2. The van der Waals surface area contributed by atoms with Crippen molar-refractivity contribution in [2.24, 2.45) is 0 Å². The lowest BCUT2D eigenvalue weighted by molar-refractivity contribution is -0.109. The maximum atomic E-state index is 12.9. The van der Waals surface area contributed by atoms with Crippen LogP contribution in [0.5, 0.6) is 0 Å². The fourth-order valence-corrected chi connectivity index (χ4v) is 1.19. The van der Waals surface area contributed by atoms with Crippen molar-refractivity contribution >= 4 is 18.0 Å². The van der Waals surface area contributed by atoms with Crippen LogP contribution in [0, 0.1) is 5.82 Å². The number of carbonyl (C=O) groups is 1. The van der Waals surface area contributed by atoms with Gasteiger partial charge in [-0.3, -0.25) is 10.1 Å². The summed E-state index contributed by atoms with van der Waals surface area (Å²) in [6.07, 6.45) is 0.584. The zero-order valence-electron chi connectivity index (χ0n) is 7.39. The molecular formula is C9H10ClFN2O. The molecule has 0 spiro atoms. The summed E-state index contributed by atoms with van der Waals surface area (Å²) in [7, 11) is 0. The van der Waals surface area contributed by atoms with Gasteiger partial charge in [-0.2, -0.15) is 0 Å². The third-order valence-corrected chi connectivity index (χ3v) is 2.08. The summed E-state index contributed by atoms with van der Waals surface area (Å²) >= 11 is 5.70. The normalized spacial score (nSPS) is 9.86. The van der Waals surface area contributed by atoms with Crippen molar-refractivity contribution in [1.82, 2.24) is 10.6 Å². The highest BCUT2D eigenvalue weighted by atomic mass is 35.5. The highest BCUT2D eigenvalue weighted by Gasteiger charge is 2.03. The minimum absolute atomic E-state index is 0.117. The van der Waals surface area contributed by atoms with Gasteiger partial charge in [-0.15, -0.1) is 0 Å². The molecule has 3 nitrogen and oxygen atoms in total. The molecule has 0 aliphatic rings. The Morgan fingerprint density at radius 2 is 2.29 bits per heavy atom. The zero-order chi connectivity index (χ0) is 10.4. The van der Waals surface area contributed by atoms with Crippen LogP contribution in [0.15, 0.2) is 18.2 Å². The van der Waals surface area contributed by atoms with E-state index in [9.17, 15) is 9.18 Å². The van der Waals surface area contributed by atoms with Crippen molar-refractivity contribution in [3.63, 3.8) is 0 Å². The van der Waals surface area contributed by atoms with Gasteiger partial charge in [0.15, 0.2) is 0 Å². The van der Waals surface area contributed by atoms with Gasteiger partial charge in [0, 0.05) is 6.54 Å². The summed E-state index contributed by atoms with van der Waals surface area (Å²) in [5, 5.41) is 5.42. The Labute approximate surface area is 86.3 Å². The average Bonchev–Trinajstić information content (AvgIpc) is 2.19. The molecular weight excluding hydrogens is 207 g/mol.